The lowest BCUT2D eigenvalue weighted by Crippen LogP contribution is -2.32. The molecule has 1 atom stereocenters. The number of halogens is 2. The molecule has 0 aliphatic carbocycles. The number of fused-ring (bicyclic) bond motifs is 1. The third-order valence-electron chi connectivity index (χ3n) is 4.80. The minimum Gasteiger partial charge on any atom is -0.352 e. The minimum atomic E-state index is -0.520. The van der Waals surface area contributed by atoms with E-state index in [4.69, 9.17) is 11.6 Å². The first-order chi connectivity index (χ1) is 14.0. The summed E-state index contributed by atoms with van der Waals surface area (Å²) in [5.74, 6) is -0.762. The number of pyridine rings is 1. The van der Waals surface area contributed by atoms with Gasteiger partial charge in [0.1, 0.15) is 5.82 Å². The molecule has 29 heavy (non-hydrogen) atoms. The standard InChI is InChI=1S/C22H17ClFN3O2/c23-15-5-9-17(10-6-15)27-19(21-18(22(27)29)2-1-11-25-21)12-20(28)26-13-14-3-7-16(24)8-4-14/h1-11,19H,12-13H2,(H,26,28)/t19-/m0/s1. The van der Waals surface area contributed by atoms with E-state index in [1.165, 1.54) is 12.1 Å². The molecule has 4 rings (SSSR count). The van der Waals surface area contributed by atoms with Crippen LogP contribution in [0.5, 0.6) is 0 Å². The number of anilines is 1. The third-order valence-corrected chi connectivity index (χ3v) is 5.05. The molecule has 1 aliphatic heterocycles. The molecule has 2 aromatic carbocycles. The van der Waals surface area contributed by atoms with Crippen molar-refractivity contribution in [2.45, 2.75) is 19.0 Å². The van der Waals surface area contributed by atoms with E-state index >= 15 is 0 Å². The fourth-order valence-electron chi connectivity index (χ4n) is 3.40. The lowest BCUT2D eigenvalue weighted by atomic mass is 10.1. The number of nitrogens with one attached hydrogen (secondary N) is 1. The molecule has 7 heteroatoms. The Bertz CT molecular complexity index is 1050. The average Bonchev–Trinajstić information content (AvgIpc) is 3.00. The first-order valence-corrected chi connectivity index (χ1v) is 9.46. The first kappa shape index (κ1) is 19.1. The maximum Gasteiger partial charge on any atom is 0.260 e. The maximum absolute atomic E-state index is 13.0. The van der Waals surface area contributed by atoms with Gasteiger partial charge in [-0.05, 0) is 54.1 Å². The van der Waals surface area contributed by atoms with Crippen LogP contribution in [-0.4, -0.2) is 16.8 Å². The fourth-order valence-corrected chi connectivity index (χ4v) is 3.52. The SMILES string of the molecule is O=C(C[C@H]1c2ncccc2C(=O)N1c1ccc(Cl)cc1)NCc1ccc(F)cc1. The van der Waals surface area contributed by atoms with Gasteiger partial charge in [-0.2, -0.15) is 0 Å². The molecule has 0 fully saturated rings. The summed E-state index contributed by atoms with van der Waals surface area (Å²) in [7, 11) is 0. The zero-order valence-electron chi connectivity index (χ0n) is 15.3. The van der Waals surface area contributed by atoms with Gasteiger partial charge < -0.3 is 5.32 Å². The second kappa shape index (κ2) is 8.01. The Kier molecular flexibility index (Phi) is 5.27. The van der Waals surface area contributed by atoms with Gasteiger partial charge in [-0.15, -0.1) is 0 Å². The van der Waals surface area contributed by atoms with Crippen LogP contribution in [-0.2, 0) is 11.3 Å². The topological polar surface area (TPSA) is 62.3 Å². The highest BCUT2D eigenvalue weighted by Gasteiger charge is 2.39. The van der Waals surface area contributed by atoms with Gasteiger partial charge in [0.2, 0.25) is 5.91 Å². The van der Waals surface area contributed by atoms with E-state index in [0.29, 0.717) is 22.0 Å². The van der Waals surface area contributed by atoms with Crippen molar-refractivity contribution < 1.29 is 14.0 Å². The number of hydrogen-bond donors (Lipinski definition) is 1. The van der Waals surface area contributed by atoms with Crippen LogP contribution in [0.2, 0.25) is 5.02 Å². The summed E-state index contributed by atoms with van der Waals surface area (Å²) in [5, 5.41) is 3.38. The molecule has 0 spiro atoms. The van der Waals surface area contributed by atoms with Gasteiger partial charge in [-0.3, -0.25) is 19.5 Å². The molecule has 3 aromatic rings. The Balaban J connectivity index is 1.55. The van der Waals surface area contributed by atoms with Crippen molar-refractivity contribution in [1.82, 2.24) is 10.3 Å². The molecule has 1 aliphatic rings. The van der Waals surface area contributed by atoms with E-state index in [2.05, 4.69) is 10.3 Å². The van der Waals surface area contributed by atoms with Gasteiger partial charge in [0.25, 0.3) is 5.91 Å². The monoisotopic (exact) mass is 409 g/mol. The molecule has 5 nitrogen and oxygen atoms in total. The Morgan fingerprint density at radius 3 is 2.55 bits per heavy atom. The van der Waals surface area contributed by atoms with Gasteiger partial charge >= 0.3 is 0 Å². The summed E-state index contributed by atoms with van der Waals surface area (Å²) in [6.45, 7) is 0.274. The Morgan fingerprint density at radius 1 is 1.10 bits per heavy atom. The molecule has 2 heterocycles. The van der Waals surface area contributed by atoms with Crippen LogP contribution in [0.4, 0.5) is 10.1 Å². The van der Waals surface area contributed by atoms with Gasteiger partial charge in [0, 0.05) is 23.5 Å². The highest BCUT2D eigenvalue weighted by atomic mass is 35.5. The van der Waals surface area contributed by atoms with Crippen LogP contribution in [0.1, 0.15) is 34.1 Å². The Morgan fingerprint density at radius 2 is 1.83 bits per heavy atom. The molecule has 0 unspecified atom stereocenters. The average molecular weight is 410 g/mol. The predicted molar refractivity (Wildman–Crippen MR) is 108 cm³/mol. The van der Waals surface area contributed by atoms with E-state index in [1.807, 2.05) is 0 Å². The van der Waals surface area contributed by atoms with Crippen molar-refractivity contribution in [1.29, 1.82) is 0 Å². The molecule has 0 bridgehead atoms. The number of aromatic nitrogens is 1. The maximum atomic E-state index is 13.0. The third kappa shape index (κ3) is 3.98. The molecule has 2 amide bonds. The highest BCUT2D eigenvalue weighted by molar-refractivity contribution is 6.30. The second-order valence-corrected chi connectivity index (χ2v) is 7.15. The summed E-state index contributed by atoms with van der Waals surface area (Å²) < 4.78 is 13.0. The Hall–Kier alpha value is -3.25. The Labute approximate surface area is 172 Å². The van der Waals surface area contributed by atoms with Gasteiger partial charge in [0.05, 0.1) is 23.7 Å². The number of amides is 2. The largest absolute Gasteiger partial charge is 0.352 e. The predicted octanol–water partition coefficient (Wildman–Crippen LogP) is 4.28. The molecule has 146 valence electrons. The molecule has 1 N–H and O–H groups in total. The normalized spacial score (nSPS) is 15.3. The quantitative estimate of drug-likeness (QED) is 0.684. The summed E-state index contributed by atoms with van der Waals surface area (Å²) in [4.78, 5) is 31.5. The van der Waals surface area contributed by atoms with Crippen LogP contribution in [0.3, 0.4) is 0 Å². The van der Waals surface area contributed by atoms with E-state index in [9.17, 15) is 14.0 Å². The number of carbonyl (C=O) groups is 2. The van der Waals surface area contributed by atoms with Gasteiger partial charge in [-0.1, -0.05) is 23.7 Å². The molecule has 1 aromatic heterocycles. The zero-order chi connectivity index (χ0) is 20.4. The van der Waals surface area contributed by atoms with E-state index in [-0.39, 0.29) is 30.6 Å². The van der Waals surface area contributed by atoms with Crippen molar-refractivity contribution in [3.63, 3.8) is 0 Å². The molecular formula is C22H17ClFN3O2. The number of nitrogens with zero attached hydrogens (tertiary/aromatic N) is 2. The fraction of sp³-hybridized carbons (Fsp3) is 0.136. The van der Waals surface area contributed by atoms with Crippen molar-refractivity contribution in [2.75, 3.05) is 4.90 Å². The van der Waals surface area contributed by atoms with E-state index in [1.54, 1.807) is 59.6 Å². The van der Waals surface area contributed by atoms with Crippen LogP contribution in [0, 0.1) is 5.82 Å². The molecule has 0 saturated heterocycles. The van der Waals surface area contributed by atoms with Crippen molar-refractivity contribution in [3.8, 4) is 0 Å². The van der Waals surface area contributed by atoms with Crippen molar-refractivity contribution >= 4 is 29.1 Å². The number of rotatable bonds is 5. The molecule has 0 radical (unpaired) electrons. The number of benzene rings is 2. The second-order valence-electron chi connectivity index (χ2n) is 6.71. The summed E-state index contributed by atoms with van der Waals surface area (Å²) in [6.07, 6.45) is 1.67. The van der Waals surface area contributed by atoms with Crippen molar-refractivity contribution in [2.24, 2.45) is 0 Å². The van der Waals surface area contributed by atoms with E-state index in [0.717, 1.165) is 5.56 Å². The highest BCUT2D eigenvalue weighted by Crippen LogP contribution is 2.38. The van der Waals surface area contributed by atoms with Crippen LogP contribution in [0.15, 0.2) is 66.9 Å². The molecular weight excluding hydrogens is 393 g/mol. The summed E-state index contributed by atoms with van der Waals surface area (Å²) >= 11 is 5.97. The van der Waals surface area contributed by atoms with E-state index < -0.39 is 6.04 Å². The summed E-state index contributed by atoms with van der Waals surface area (Å²) in [6, 6.07) is 15.7. The van der Waals surface area contributed by atoms with Gasteiger partial charge in [0.15, 0.2) is 0 Å². The van der Waals surface area contributed by atoms with Crippen LogP contribution < -0.4 is 10.2 Å². The number of carbonyl (C=O) groups excluding carboxylic acids is 2. The van der Waals surface area contributed by atoms with Crippen LogP contribution >= 0.6 is 11.6 Å². The minimum absolute atomic E-state index is 0.0551. The van der Waals surface area contributed by atoms with Crippen molar-refractivity contribution in [3.05, 3.63) is 94.5 Å². The lowest BCUT2D eigenvalue weighted by Gasteiger charge is -2.24. The smallest absolute Gasteiger partial charge is 0.260 e. The first-order valence-electron chi connectivity index (χ1n) is 9.08. The van der Waals surface area contributed by atoms with Crippen LogP contribution in [0.25, 0.3) is 0 Å². The number of hydrogen-bond acceptors (Lipinski definition) is 3. The molecule has 0 saturated carbocycles. The van der Waals surface area contributed by atoms with Gasteiger partial charge in [-0.25, -0.2) is 4.39 Å². The zero-order valence-corrected chi connectivity index (χ0v) is 16.1. The lowest BCUT2D eigenvalue weighted by molar-refractivity contribution is -0.121. The summed E-state index contributed by atoms with van der Waals surface area (Å²) in [5.41, 5.74) is 2.49.